The molecule has 0 bridgehead atoms. The summed E-state index contributed by atoms with van der Waals surface area (Å²) in [5, 5.41) is 3.40. The maximum atomic E-state index is 14.4. The maximum absolute atomic E-state index is 14.4. The van der Waals surface area contributed by atoms with E-state index in [1.54, 1.807) is 12.1 Å². The fraction of sp³-hybridized carbons (Fsp3) is 0.647. The Labute approximate surface area is 127 Å². The Hall–Kier alpha value is -1.13. The lowest BCUT2D eigenvalue weighted by molar-refractivity contribution is 0.0342. The maximum Gasteiger partial charge on any atom is 0.130 e. The molecule has 0 saturated carbocycles. The summed E-state index contributed by atoms with van der Waals surface area (Å²) in [6.45, 7) is 10.7. The van der Waals surface area contributed by atoms with Crippen LogP contribution in [0.15, 0.2) is 18.2 Å². The van der Waals surface area contributed by atoms with Crippen LogP contribution in [0.5, 0.6) is 0 Å². The number of nitrogens with zero attached hydrogens (tertiary/aromatic N) is 1. The smallest absolute Gasteiger partial charge is 0.130 e. The highest BCUT2D eigenvalue weighted by Gasteiger charge is 2.27. The van der Waals surface area contributed by atoms with E-state index in [1.165, 1.54) is 0 Å². The fourth-order valence-corrected chi connectivity index (χ4v) is 2.91. The molecule has 0 radical (unpaired) electrons. The molecule has 1 saturated heterocycles. The molecule has 1 aromatic carbocycles. The number of rotatable bonds is 5. The van der Waals surface area contributed by atoms with E-state index in [0.29, 0.717) is 6.61 Å². The van der Waals surface area contributed by atoms with Crippen LogP contribution in [0.4, 0.5) is 10.1 Å². The van der Waals surface area contributed by atoms with Gasteiger partial charge in [-0.15, -0.1) is 0 Å². The molecule has 118 valence electrons. The van der Waals surface area contributed by atoms with E-state index < -0.39 is 0 Å². The SMILES string of the molecule is CCCNC(C)c1c(F)cccc1N1CC(C)OCC1C. The summed E-state index contributed by atoms with van der Waals surface area (Å²) in [4.78, 5) is 2.27. The van der Waals surface area contributed by atoms with Gasteiger partial charge in [-0.05, 0) is 45.9 Å². The number of halogens is 1. The highest BCUT2D eigenvalue weighted by atomic mass is 19.1. The van der Waals surface area contributed by atoms with Crippen molar-refractivity contribution in [3.63, 3.8) is 0 Å². The quantitative estimate of drug-likeness (QED) is 0.899. The van der Waals surface area contributed by atoms with Gasteiger partial charge in [0.2, 0.25) is 0 Å². The van der Waals surface area contributed by atoms with Gasteiger partial charge in [-0.25, -0.2) is 4.39 Å². The summed E-state index contributed by atoms with van der Waals surface area (Å²) < 4.78 is 20.1. The summed E-state index contributed by atoms with van der Waals surface area (Å²) in [5.74, 6) is -0.130. The van der Waals surface area contributed by atoms with Crippen molar-refractivity contribution in [2.75, 3.05) is 24.6 Å². The van der Waals surface area contributed by atoms with Gasteiger partial charge in [0.05, 0.1) is 12.7 Å². The third-order valence-corrected chi connectivity index (χ3v) is 4.08. The molecule has 0 amide bonds. The topological polar surface area (TPSA) is 24.5 Å². The standard InChI is InChI=1S/C17H27FN2O/c1-5-9-19-14(4)17-15(18)7-6-8-16(17)20-10-13(3)21-11-12(20)2/h6-8,12-14,19H,5,9-11H2,1-4H3. The van der Waals surface area contributed by atoms with Crippen LogP contribution >= 0.6 is 0 Å². The molecule has 3 unspecified atom stereocenters. The Bertz CT molecular complexity index is 466. The highest BCUT2D eigenvalue weighted by Crippen LogP contribution is 2.32. The Morgan fingerprint density at radius 3 is 2.90 bits per heavy atom. The van der Waals surface area contributed by atoms with Crippen LogP contribution in [0.2, 0.25) is 0 Å². The van der Waals surface area contributed by atoms with Crippen molar-refractivity contribution in [1.82, 2.24) is 5.32 Å². The molecular formula is C17H27FN2O. The minimum atomic E-state index is -0.130. The Morgan fingerprint density at radius 1 is 1.43 bits per heavy atom. The lowest BCUT2D eigenvalue weighted by Gasteiger charge is -2.40. The molecule has 4 heteroatoms. The van der Waals surface area contributed by atoms with Gasteiger partial charge in [-0.2, -0.15) is 0 Å². The molecule has 0 spiro atoms. The van der Waals surface area contributed by atoms with Gasteiger partial charge in [0.1, 0.15) is 5.82 Å². The van der Waals surface area contributed by atoms with E-state index in [0.717, 1.165) is 30.8 Å². The molecule has 1 aliphatic heterocycles. The molecule has 0 aliphatic carbocycles. The van der Waals surface area contributed by atoms with Crippen LogP contribution in [0.3, 0.4) is 0 Å². The average molecular weight is 294 g/mol. The molecular weight excluding hydrogens is 267 g/mol. The van der Waals surface area contributed by atoms with E-state index in [4.69, 9.17) is 4.74 Å². The second-order valence-electron chi connectivity index (χ2n) is 5.99. The number of benzene rings is 1. The van der Waals surface area contributed by atoms with E-state index in [-0.39, 0.29) is 24.0 Å². The van der Waals surface area contributed by atoms with Gasteiger partial charge in [-0.1, -0.05) is 13.0 Å². The predicted molar refractivity (Wildman–Crippen MR) is 85.3 cm³/mol. The van der Waals surface area contributed by atoms with Crippen molar-refractivity contribution in [3.8, 4) is 0 Å². The first-order valence-corrected chi connectivity index (χ1v) is 7.94. The zero-order valence-corrected chi connectivity index (χ0v) is 13.5. The number of hydrogen-bond donors (Lipinski definition) is 1. The zero-order chi connectivity index (χ0) is 15.4. The van der Waals surface area contributed by atoms with Gasteiger partial charge in [0.25, 0.3) is 0 Å². The Kier molecular flexibility index (Phi) is 5.59. The monoisotopic (exact) mass is 294 g/mol. The van der Waals surface area contributed by atoms with Gasteiger partial charge < -0.3 is 15.0 Å². The van der Waals surface area contributed by atoms with Crippen LogP contribution in [0.1, 0.15) is 45.7 Å². The minimum absolute atomic E-state index is 0.00602. The lowest BCUT2D eigenvalue weighted by Crippen LogP contribution is -2.48. The largest absolute Gasteiger partial charge is 0.375 e. The minimum Gasteiger partial charge on any atom is -0.375 e. The predicted octanol–water partition coefficient (Wildman–Crippen LogP) is 3.50. The van der Waals surface area contributed by atoms with Crippen molar-refractivity contribution in [1.29, 1.82) is 0 Å². The van der Waals surface area contributed by atoms with E-state index in [2.05, 4.69) is 31.0 Å². The van der Waals surface area contributed by atoms with Gasteiger partial charge in [0, 0.05) is 29.9 Å². The van der Waals surface area contributed by atoms with E-state index in [1.807, 2.05) is 13.0 Å². The summed E-state index contributed by atoms with van der Waals surface area (Å²) in [7, 11) is 0. The molecule has 21 heavy (non-hydrogen) atoms. The molecule has 1 heterocycles. The van der Waals surface area contributed by atoms with Crippen LogP contribution in [-0.2, 0) is 4.74 Å². The number of morpholine rings is 1. The first-order chi connectivity index (χ1) is 10.0. The fourth-order valence-electron chi connectivity index (χ4n) is 2.91. The van der Waals surface area contributed by atoms with Crippen molar-refractivity contribution >= 4 is 5.69 Å². The van der Waals surface area contributed by atoms with Crippen molar-refractivity contribution in [3.05, 3.63) is 29.6 Å². The van der Waals surface area contributed by atoms with Crippen molar-refractivity contribution in [2.45, 2.75) is 52.3 Å². The summed E-state index contributed by atoms with van der Waals surface area (Å²) >= 11 is 0. The van der Waals surface area contributed by atoms with E-state index in [9.17, 15) is 4.39 Å². The van der Waals surface area contributed by atoms with E-state index >= 15 is 0 Å². The lowest BCUT2D eigenvalue weighted by atomic mass is 10.0. The second-order valence-corrected chi connectivity index (χ2v) is 5.99. The number of nitrogens with one attached hydrogen (secondary N) is 1. The number of ether oxygens (including phenoxy) is 1. The zero-order valence-electron chi connectivity index (χ0n) is 13.5. The molecule has 1 aromatic rings. The first kappa shape index (κ1) is 16.2. The van der Waals surface area contributed by atoms with Gasteiger partial charge in [0.15, 0.2) is 0 Å². The van der Waals surface area contributed by atoms with Crippen molar-refractivity contribution in [2.24, 2.45) is 0 Å². The van der Waals surface area contributed by atoms with Crippen LogP contribution in [0, 0.1) is 5.82 Å². The third kappa shape index (κ3) is 3.74. The van der Waals surface area contributed by atoms with Crippen LogP contribution in [-0.4, -0.2) is 31.8 Å². The summed E-state index contributed by atoms with van der Waals surface area (Å²) in [6.07, 6.45) is 1.22. The van der Waals surface area contributed by atoms with Gasteiger partial charge >= 0.3 is 0 Å². The third-order valence-electron chi connectivity index (χ3n) is 4.08. The molecule has 3 nitrogen and oxygen atoms in total. The summed E-state index contributed by atoms with van der Waals surface area (Å²) in [5.41, 5.74) is 1.76. The molecule has 2 rings (SSSR count). The average Bonchev–Trinajstić information content (AvgIpc) is 2.47. The second kappa shape index (κ2) is 7.23. The molecule has 1 aliphatic rings. The Balaban J connectivity index is 2.32. The van der Waals surface area contributed by atoms with Gasteiger partial charge in [-0.3, -0.25) is 0 Å². The van der Waals surface area contributed by atoms with Crippen LogP contribution < -0.4 is 10.2 Å². The molecule has 1 fully saturated rings. The normalized spacial score (nSPS) is 24.1. The number of hydrogen-bond acceptors (Lipinski definition) is 3. The molecule has 3 atom stereocenters. The van der Waals surface area contributed by atoms with Crippen LogP contribution in [0.25, 0.3) is 0 Å². The number of anilines is 1. The summed E-state index contributed by atoms with van der Waals surface area (Å²) in [6, 6.07) is 5.65. The Morgan fingerprint density at radius 2 is 2.19 bits per heavy atom. The highest BCUT2D eigenvalue weighted by molar-refractivity contribution is 5.56. The first-order valence-electron chi connectivity index (χ1n) is 7.94. The molecule has 1 N–H and O–H groups in total. The molecule has 0 aromatic heterocycles. The van der Waals surface area contributed by atoms with Crippen molar-refractivity contribution < 1.29 is 9.13 Å².